The average Bonchev–Trinajstić information content (AvgIpc) is 3.20. The first-order chi connectivity index (χ1) is 28.0. The van der Waals surface area contributed by atoms with E-state index in [0.29, 0.717) is 19.3 Å². The summed E-state index contributed by atoms with van der Waals surface area (Å²) in [5.74, 6) is -0.516. The van der Waals surface area contributed by atoms with E-state index in [4.69, 9.17) is 4.74 Å². The Morgan fingerprint density at radius 1 is 0.526 bits per heavy atom. The minimum atomic E-state index is -0.792. The predicted molar refractivity (Wildman–Crippen MR) is 245 cm³/mol. The lowest BCUT2D eigenvalue weighted by Crippen LogP contribution is -2.46. The summed E-state index contributed by atoms with van der Waals surface area (Å²) in [5, 5.41) is 23.7. The molecule has 1 amide bonds. The Labute approximate surface area is 353 Å². The molecule has 0 rings (SSSR count). The molecule has 6 nitrogen and oxygen atoms in total. The fraction of sp³-hybridized carbons (Fsp3) is 0.804. The Hall–Kier alpha value is -2.18. The first kappa shape index (κ1) is 54.8. The van der Waals surface area contributed by atoms with E-state index in [-0.39, 0.29) is 24.9 Å². The molecule has 0 heterocycles. The van der Waals surface area contributed by atoms with E-state index >= 15 is 0 Å². The molecular formula is C51H93NO5. The van der Waals surface area contributed by atoms with E-state index in [0.717, 1.165) is 70.6 Å². The smallest absolute Gasteiger partial charge is 0.306 e. The van der Waals surface area contributed by atoms with Crippen LogP contribution in [-0.2, 0) is 14.3 Å². The van der Waals surface area contributed by atoms with Gasteiger partial charge < -0.3 is 20.3 Å². The number of hydrogen-bond acceptors (Lipinski definition) is 5. The molecule has 0 aromatic heterocycles. The third-order valence-electron chi connectivity index (χ3n) is 11.0. The van der Waals surface area contributed by atoms with Crippen molar-refractivity contribution >= 4 is 11.9 Å². The monoisotopic (exact) mass is 800 g/mol. The van der Waals surface area contributed by atoms with Crippen molar-refractivity contribution in [1.29, 1.82) is 0 Å². The second-order valence-electron chi connectivity index (χ2n) is 16.6. The number of carbonyl (C=O) groups excluding carboxylic acids is 2. The Morgan fingerprint density at radius 3 is 1.42 bits per heavy atom. The lowest BCUT2D eigenvalue weighted by Gasteiger charge is -2.24. The highest BCUT2D eigenvalue weighted by Gasteiger charge is 2.24. The lowest BCUT2D eigenvalue weighted by atomic mass is 10.0. The van der Waals surface area contributed by atoms with Crippen molar-refractivity contribution in [3.63, 3.8) is 0 Å². The standard InChI is InChI=1S/C51H93NO5/c1-4-7-10-13-16-19-22-24-25-27-28-31-34-37-40-43-49(54)48(46-53)52-50(55)45-47(42-39-36-33-30-21-18-15-12-9-6-3)57-51(56)44-41-38-35-32-29-26-23-20-17-14-11-8-5-2/h8,11,14,17,20,23,26,29,47-49,53-54H,4-7,9-10,12-13,15-16,18-19,21-22,24-25,27-28,30-46H2,1-3H3,(H,52,55)/b11-8+,17-14+,23-20-,29-26-. The molecule has 6 heteroatoms. The molecule has 0 aromatic rings. The van der Waals surface area contributed by atoms with E-state index in [2.05, 4.69) is 50.4 Å². The summed E-state index contributed by atoms with van der Waals surface area (Å²) in [6, 6.07) is -0.707. The zero-order chi connectivity index (χ0) is 41.7. The van der Waals surface area contributed by atoms with E-state index in [9.17, 15) is 19.8 Å². The topological polar surface area (TPSA) is 95.9 Å². The van der Waals surface area contributed by atoms with Crippen molar-refractivity contribution in [2.75, 3.05) is 6.61 Å². The minimum Gasteiger partial charge on any atom is -0.462 e. The lowest BCUT2D eigenvalue weighted by molar-refractivity contribution is -0.151. The second-order valence-corrected chi connectivity index (χ2v) is 16.6. The van der Waals surface area contributed by atoms with Crippen molar-refractivity contribution in [3.05, 3.63) is 48.6 Å². The quantitative estimate of drug-likeness (QED) is 0.0324. The van der Waals surface area contributed by atoms with Crippen LogP contribution in [0.3, 0.4) is 0 Å². The van der Waals surface area contributed by atoms with E-state index < -0.39 is 18.2 Å². The molecule has 0 aliphatic rings. The number of aliphatic hydroxyl groups excluding tert-OH is 2. The fourth-order valence-electron chi connectivity index (χ4n) is 7.32. The van der Waals surface area contributed by atoms with Crippen LogP contribution < -0.4 is 5.32 Å². The number of allylic oxidation sites excluding steroid dienone is 8. The number of hydrogen-bond donors (Lipinski definition) is 3. The average molecular weight is 800 g/mol. The summed E-state index contributed by atoms with van der Waals surface area (Å²) in [6.07, 6.45) is 53.1. The summed E-state index contributed by atoms with van der Waals surface area (Å²) in [5.41, 5.74) is 0. The van der Waals surface area contributed by atoms with Crippen LogP contribution in [0.2, 0.25) is 0 Å². The van der Waals surface area contributed by atoms with Gasteiger partial charge in [0.1, 0.15) is 6.10 Å². The number of unbranched alkanes of at least 4 members (excludes halogenated alkanes) is 26. The Kier molecular flexibility index (Phi) is 43.2. The van der Waals surface area contributed by atoms with Crippen molar-refractivity contribution in [3.8, 4) is 0 Å². The summed E-state index contributed by atoms with van der Waals surface area (Å²) in [6.45, 7) is 6.33. The SMILES string of the molecule is CC/C=C/C=C/C=C\C=C/CCCCCC(=O)OC(CCCCCCCCCCCC)CC(=O)NC(CO)C(O)CCCCCCCCCCCCCCCCC. The van der Waals surface area contributed by atoms with E-state index in [1.165, 1.54) is 122 Å². The maximum atomic E-state index is 13.1. The molecule has 0 fully saturated rings. The summed E-state index contributed by atoms with van der Waals surface area (Å²) in [7, 11) is 0. The third-order valence-corrected chi connectivity index (χ3v) is 11.0. The van der Waals surface area contributed by atoms with Gasteiger partial charge in [0.05, 0.1) is 25.2 Å². The molecule has 0 saturated carbocycles. The molecule has 0 spiro atoms. The third kappa shape index (κ3) is 40.4. The Morgan fingerprint density at radius 2 is 0.947 bits per heavy atom. The molecule has 0 aromatic carbocycles. The molecule has 0 bridgehead atoms. The number of nitrogens with one attached hydrogen (secondary N) is 1. The van der Waals surface area contributed by atoms with Gasteiger partial charge in [0.25, 0.3) is 0 Å². The first-order valence-corrected chi connectivity index (χ1v) is 24.4. The summed E-state index contributed by atoms with van der Waals surface area (Å²) < 4.78 is 5.89. The number of carbonyl (C=O) groups is 2. The predicted octanol–water partition coefficient (Wildman–Crippen LogP) is 14.3. The van der Waals surface area contributed by atoms with Gasteiger partial charge in [-0.15, -0.1) is 0 Å². The molecule has 3 N–H and O–H groups in total. The highest BCUT2D eigenvalue weighted by atomic mass is 16.5. The summed E-state index contributed by atoms with van der Waals surface area (Å²) in [4.78, 5) is 26.0. The van der Waals surface area contributed by atoms with Gasteiger partial charge in [-0.3, -0.25) is 9.59 Å². The van der Waals surface area contributed by atoms with Gasteiger partial charge >= 0.3 is 5.97 Å². The van der Waals surface area contributed by atoms with Crippen LogP contribution in [0.15, 0.2) is 48.6 Å². The zero-order valence-electron chi connectivity index (χ0n) is 37.7. The van der Waals surface area contributed by atoms with Crippen LogP contribution in [0.25, 0.3) is 0 Å². The maximum absolute atomic E-state index is 13.1. The normalized spacial score (nSPS) is 13.7. The van der Waals surface area contributed by atoms with Crippen molar-refractivity contribution in [2.24, 2.45) is 0 Å². The van der Waals surface area contributed by atoms with Gasteiger partial charge in [0.15, 0.2) is 0 Å². The molecule has 0 aliphatic carbocycles. The molecule has 0 aliphatic heterocycles. The van der Waals surface area contributed by atoms with Gasteiger partial charge in [-0.25, -0.2) is 0 Å². The Balaban J connectivity index is 4.55. The van der Waals surface area contributed by atoms with E-state index in [1.807, 2.05) is 24.3 Å². The van der Waals surface area contributed by atoms with Crippen LogP contribution in [-0.4, -0.2) is 46.9 Å². The van der Waals surface area contributed by atoms with Gasteiger partial charge in [-0.2, -0.15) is 0 Å². The first-order valence-electron chi connectivity index (χ1n) is 24.4. The van der Waals surface area contributed by atoms with Crippen LogP contribution in [0, 0.1) is 0 Å². The molecule has 332 valence electrons. The van der Waals surface area contributed by atoms with Gasteiger partial charge in [-0.1, -0.05) is 230 Å². The molecule has 3 atom stereocenters. The molecular weight excluding hydrogens is 707 g/mol. The van der Waals surface area contributed by atoms with Crippen LogP contribution in [0.1, 0.15) is 239 Å². The van der Waals surface area contributed by atoms with Crippen molar-refractivity contribution in [1.82, 2.24) is 5.32 Å². The molecule has 0 saturated heterocycles. The van der Waals surface area contributed by atoms with Crippen molar-refractivity contribution < 1.29 is 24.5 Å². The Bertz CT molecular complexity index is 988. The van der Waals surface area contributed by atoms with Crippen molar-refractivity contribution in [2.45, 2.75) is 257 Å². The number of esters is 1. The largest absolute Gasteiger partial charge is 0.462 e. The van der Waals surface area contributed by atoms with Crippen LogP contribution >= 0.6 is 0 Å². The number of aliphatic hydroxyl groups is 2. The van der Waals surface area contributed by atoms with Crippen LogP contribution in [0.4, 0.5) is 0 Å². The molecule has 57 heavy (non-hydrogen) atoms. The number of ether oxygens (including phenoxy) is 1. The van der Waals surface area contributed by atoms with E-state index in [1.54, 1.807) is 0 Å². The minimum absolute atomic E-state index is 0.0632. The zero-order valence-corrected chi connectivity index (χ0v) is 37.7. The second kappa shape index (κ2) is 44.9. The van der Waals surface area contributed by atoms with Gasteiger partial charge in [0.2, 0.25) is 5.91 Å². The maximum Gasteiger partial charge on any atom is 0.306 e. The summed E-state index contributed by atoms with van der Waals surface area (Å²) >= 11 is 0. The van der Waals surface area contributed by atoms with Crippen LogP contribution in [0.5, 0.6) is 0 Å². The number of amides is 1. The van der Waals surface area contributed by atoms with Gasteiger partial charge in [-0.05, 0) is 44.9 Å². The number of rotatable bonds is 43. The fourth-order valence-corrected chi connectivity index (χ4v) is 7.32. The molecule has 3 unspecified atom stereocenters. The van der Waals surface area contributed by atoms with Gasteiger partial charge in [0, 0.05) is 6.42 Å². The molecule has 0 radical (unpaired) electrons. The highest BCUT2D eigenvalue weighted by molar-refractivity contribution is 5.77. The highest BCUT2D eigenvalue weighted by Crippen LogP contribution is 2.18.